The van der Waals surface area contributed by atoms with Gasteiger partial charge in [-0.15, -0.1) is 5.10 Å². The van der Waals surface area contributed by atoms with Gasteiger partial charge in [0, 0.05) is 36.3 Å². The van der Waals surface area contributed by atoms with Crippen LogP contribution in [-0.2, 0) is 7.05 Å². The van der Waals surface area contributed by atoms with Crippen LogP contribution in [0.4, 0.5) is 11.4 Å². The molecule has 0 amide bonds. The molecule has 0 radical (unpaired) electrons. The number of aromatic amines is 1. The maximum absolute atomic E-state index is 5.45. The molecule has 6 heteroatoms. The molecule has 0 bridgehead atoms. The highest BCUT2D eigenvalue weighted by atomic mass is 32.1. The zero-order valence-corrected chi connectivity index (χ0v) is 17.0. The monoisotopic (exact) mass is 380 g/mol. The standard InChI is InChI=1S/C21H25N5S/c1-14-25(4)23-21(27)26(14)18-7-5-6-17(12-18)22-16-10-8-15(9-11-16)19-13-20(19)24(2)3/h5-12,19-20,22H,13H2,1-4H3/p+1. The minimum atomic E-state index is 0.677. The number of aryl methyl sites for hydroxylation is 1. The van der Waals surface area contributed by atoms with Crippen LogP contribution in [0.5, 0.6) is 0 Å². The maximum Gasteiger partial charge on any atom is 0.328 e. The van der Waals surface area contributed by atoms with Gasteiger partial charge in [-0.25, -0.2) is 0 Å². The number of benzene rings is 2. The lowest BCUT2D eigenvalue weighted by molar-refractivity contribution is -0.610. The van der Waals surface area contributed by atoms with Gasteiger partial charge in [0.1, 0.15) is 5.69 Å². The smallest absolute Gasteiger partial charge is 0.328 e. The number of H-pyrrole nitrogens is 1. The van der Waals surface area contributed by atoms with Crippen LogP contribution in [0, 0.1) is 11.7 Å². The summed E-state index contributed by atoms with van der Waals surface area (Å²) in [6, 6.07) is 17.8. The molecule has 2 aromatic carbocycles. The number of likely N-dealkylation sites (N-methyl/N-ethyl adjacent to an activating group) is 1. The van der Waals surface area contributed by atoms with E-state index >= 15 is 0 Å². The van der Waals surface area contributed by atoms with E-state index in [-0.39, 0.29) is 0 Å². The van der Waals surface area contributed by atoms with Crippen LogP contribution in [0.3, 0.4) is 0 Å². The van der Waals surface area contributed by atoms with Crippen LogP contribution in [0.1, 0.15) is 23.7 Å². The summed E-state index contributed by atoms with van der Waals surface area (Å²) < 4.78 is 4.66. The Bertz CT molecular complexity index is 1020. The van der Waals surface area contributed by atoms with Crippen LogP contribution in [0.15, 0.2) is 48.5 Å². The van der Waals surface area contributed by atoms with Crippen molar-refractivity contribution in [2.24, 2.45) is 7.05 Å². The second-order valence-electron chi connectivity index (χ2n) is 7.53. The Morgan fingerprint density at radius 2 is 1.89 bits per heavy atom. The van der Waals surface area contributed by atoms with Crippen LogP contribution in [0.2, 0.25) is 0 Å². The lowest BCUT2D eigenvalue weighted by Crippen LogP contribution is -2.34. The summed E-state index contributed by atoms with van der Waals surface area (Å²) in [5.74, 6) is 1.73. The van der Waals surface area contributed by atoms with Crippen molar-refractivity contribution in [2.45, 2.75) is 25.3 Å². The fourth-order valence-corrected chi connectivity index (χ4v) is 4.06. The molecule has 1 aromatic heterocycles. The average molecular weight is 381 g/mol. The Hall–Kier alpha value is -2.44. The minimum absolute atomic E-state index is 0.677. The summed E-state index contributed by atoms with van der Waals surface area (Å²) in [6.07, 6.45) is 1.26. The molecular formula is C21H26N5S+. The topological polar surface area (TPSA) is 39.9 Å². The first-order chi connectivity index (χ1) is 12.9. The fourth-order valence-electron chi connectivity index (χ4n) is 3.69. The van der Waals surface area contributed by atoms with Crippen molar-refractivity contribution in [3.05, 3.63) is 64.7 Å². The van der Waals surface area contributed by atoms with E-state index in [0.29, 0.717) is 16.7 Å². The SMILES string of the molecule is Cc1n(C)[nH]c(=S)[n+]1-c1cccc(Nc2ccc(C3CC3N(C)C)cc2)c1. The first kappa shape index (κ1) is 17.9. The number of nitrogens with one attached hydrogen (secondary N) is 2. The molecule has 2 N–H and O–H groups in total. The van der Waals surface area contributed by atoms with Gasteiger partial charge in [-0.3, -0.25) is 0 Å². The molecule has 140 valence electrons. The Morgan fingerprint density at radius 1 is 1.15 bits per heavy atom. The zero-order chi connectivity index (χ0) is 19.1. The number of rotatable bonds is 5. The van der Waals surface area contributed by atoms with E-state index in [1.165, 1.54) is 12.0 Å². The molecule has 1 saturated carbocycles. The molecular weight excluding hydrogens is 354 g/mol. The van der Waals surface area contributed by atoms with E-state index in [1.54, 1.807) is 0 Å². The van der Waals surface area contributed by atoms with Gasteiger partial charge in [-0.2, -0.15) is 9.25 Å². The van der Waals surface area contributed by atoms with Crippen LogP contribution in [-0.4, -0.2) is 34.8 Å². The Balaban J connectivity index is 1.53. The fraction of sp³-hybridized carbons (Fsp3) is 0.333. The second-order valence-corrected chi connectivity index (χ2v) is 7.92. The van der Waals surface area contributed by atoms with Gasteiger partial charge in [0.05, 0.1) is 7.05 Å². The highest BCUT2D eigenvalue weighted by molar-refractivity contribution is 7.71. The summed E-state index contributed by atoms with van der Waals surface area (Å²) in [6.45, 7) is 2.05. The van der Waals surface area contributed by atoms with E-state index < -0.39 is 0 Å². The summed E-state index contributed by atoms with van der Waals surface area (Å²) in [4.78, 5) is 2.32. The number of hydrogen-bond acceptors (Lipinski definition) is 3. The molecule has 2 unspecified atom stereocenters. The van der Waals surface area contributed by atoms with E-state index in [1.807, 2.05) is 29.3 Å². The third-order valence-electron chi connectivity index (χ3n) is 5.43. The highest BCUT2D eigenvalue weighted by Crippen LogP contribution is 2.43. The third-order valence-corrected chi connectivity index (χ3v) is 5.70. The average Bonchev–Trinajstić information content (AvgIpc) is 3.39. The summed E-state index contributed by atoms with van der Waals surface area (Å²) >= 11 is 5.45. The normalized spacial score (nSPS) is 18.7. The maximum atomic E-state index is 5.45. The van der Waals surface area contributed by atoms with Crippen LogP contribution < -0.4 is 9.88 Å². The number of nitrogens with zero attached hydrogens (tertiary/aromatic N) is 3. The van der Waals surface area contributed by atoms with Crippen molar-refractivity contribution in [3.63, 3.8) is 0 Å². The highest BCUT2D eigenvalue weighted by Gasteiger charge is 2.39. The van der Waals surface area contributed by atoms with E-state index in [4.69, 9.17) is 12.2 Å². The Morgan fingerprint density at radius 3 is 2.48 bits per heavy atom. The molecule has 1 heterocycles. The molecule has 2 atom stereocenters. The quantitative estimate of drug-likeness (QED) is 0.522. The summed E-state index contributed by atoms with van der Waals surface area (Å²) in [5, 5.41) is 6.65. The van der Waals surface area contributed by atoms with Gasteiger partial charge in [0.2, 0.25) is 5.82 Å². The van der Waals surface area contributed by atoms with Gasteiger partial charge in [0.15, 0.2) is 0 Å². The van der Waals surface area contributed by atoms with Crippen molar-refractivity contribution in [2.75, 3.05) is 19.4 Å². The Kier molecular flexibility index (Phi) is 4.61. The number of aromatic nitrogens is 3. The first-order valence-corrected chi connectivity index (χ1v) is 9.66. The van der Waals surface area contributed by atoms with Gasteiger partial charge in [0.25, 0.3) is 0 Å². The van der Waals surface area contributed by atoms with Crippen molar-refractivity contribution < 1.29 is 4.57 Å². The van der Waals surface area contributed by atoms with Crippen molar-refractivity contribution in [3.8, 4) is 5.69 Å². The molecule has 5 nitrogen and oxygen atoms in total. The Labute approximate surface area is 165 Å². The van der Waals surface area contributed by atoms with Crippen molar-refractivity contribution in [1.29, 1.82) is 0 Å². The van der Waals surface area contributed by atoms with Crippen LogP contribution in [0.25, 0.3) is 5.69 Å². The third kappa shape index (κ3) is 3.55. The van der Waals surface area contributed by atoms with Gasteiger partial charge in [-0.05, 0) is 62.6 Å². The molecule has 3 aromatic rings. The molecule has 1 aliphatic carbocycles. The largest absolute Gasteiger partial charge is 0.355 e. The van der Waals surface area contributed by atoms with E-state index in [2.05, 4.69) is 71.9 Å². The lowest BCUT2D eigenvalue weighted by Gasteiger charge is -2.10. The molecule has 27 heavy (non-hydrogen) atoms. The molecule has 0 spiro atoms. The van der Waals surface area contributed by atoms with Gasteiger partial charge in [-0.1, -0.05) is 18.2 Å². The van der Waals surface area contributed by atoms with Gasteiger partial charge >= 0.3 is 4.77 Å². The second kappa shape index (κ2) is 6.94. The van der Waals surface area contributed by atoms with Crippen molar-refractivity contribution >= 4 is 23.6 Å². The molecule has 1 aliphatic rings. The summed E-state index contributed by atoms with van der Waals surface area (Å²) in [7, 11) is 6.28. The van der Waals surface area contributed by atoms with Crippen molar-refractivity contribution in [1.82, 2.24) is 14.7 Å². The number of anilines is 2. The molecule has 4 rings (SSSR count). The first-order valence-electron chi connectivity index (χ1n) is 9.25. The summed E-state index contributed by atoms with van der Waals surface area (Å²) in [5.41, 5.74) is 4.61. The lowest BCUT2D eigenvalue weighted by atomic mass is 10.1. The predicted octanol–water partition coefficient (Wildman–Crippen LogP) is 3.83. The predicted molar refractivity (Wildman–Crippen MR) is 111 cm³/mol. The minimum Gasteiger partial charge on any atom is -0.355 e. The molecule has 1 fully saturated rings. The van der Waals surface area contributed by atoms with Gasteiger partial charge < -0.3 is 10.2 Å². The number of hydrogen-bond donors (Lipinski definition) is 2. The van der Waals surface area contributed by atoms with E-state index in [0.717, 1.165) is 22.9 Å². The van der Waals surface area contributed by atoms with Crippen LogP contribution >= 0.6 is 12.2 Å². The zero-order valence-electron chi connectivity index (χ0n) is 16.2. The molecule has 0 saturated heterocycles. The molecule has 0 aliphatic heterocycles. The van der Waals surface area contributed by atoms with E-state index in [9.17, 15) is 0 Å².